The topological polar surface area (TPSA) is 75.3 Å². The van der Waals surface area contributed by atoms with Crippen LogP contribution in [-0.2, 0) is 7.05 Å². The summed E-state index contributed by atoms with van der Waals surface area (Å²) in [5.41, 5.74) is 0.504. The quantitative estimate of drug-likeness (QED) is 0.775. The van der Waals surface area contributed by atoms with Crippen molar-refractivity contribution in [3.05, 3.63) is 11.9 Å². The van der Waals surface area contributed by atoms with Crippen LogP contribution in [0.25, 0.3) is 0 Å². The van der Waals surface area contributed by atoms with E-state index in [0.717, 1.165) is 0 Å². The second-order valence-electron chi connectivity index (χ2n) is 6.15. The first-order chi connectivity index (χ1) is 8.00. The van der Waals surface area contributed by atoms with E-state index in [2.05, 4.69) is 5.10 Å². The zero-order chi connectivity index (χ0) is 14.3. The Morgan fingerprint density at radius 2 is 1.89 bits per heavy atom. The van der Waals surface area contributed by atoms with Crippen molar-refractivity contribution in [3.8, 4) is 0 Å². The molecule has 0 aromatic carbocycles. The molecule has 0 fully saturated rings. The summed E-state index contributed by atoms with van der Waals surface area (Å²) in [6.07, 6.45) is 1.34. The SMILES string of the molecule is Cn1ncc(B(O)O)c1C(=O)[Si](C)(C)C(C)(C)C. The molecule has 0 saturated heterocycles. The first-order valence-corrected chi connectivity index (χ1v) is 8.93. The Kier molecular flexibility index (Phi) is 3.90. The summed E-state index contributed by atoms with van der Waals surface area (Å²) in [4.78, 5) is 12.7. The van der Waals surface area contributed by atoms with Crippen LogP contribution in [0.2, 0.25) is 18.1 Å². The third-order valence-electron chi connectivity index (χ3n) is 3.90. The van der Waals surface area contributed by atoms with Crippen molar-refractivity contribution in [2.24, 2.45) is 7.05 Å². The van der Waals surface area contributed by atoms with Crippen LogP contribution in [0.15, 0.2) is 6.20 Å². The fourth-order valence-corrected chi connectivity index (χ4v) is 3.14. The number of carbonyl (C=O) groups excluding carboxylic acids is 1. The molecule has 1 aromatic heterocycles. The maximum Gasteiger partial charge on any atom is 0.492 e. The molecule has 7 heteroatoms. The maximum absolute atomic E-state index is 12.7. The molecule has 5 nitrogen and oxygen atoms in total. The van der Waals surface area contributed by atoms with Gasteiger partial charge in [-0.1, -0.05) is 33.9 Å². The van der Waals surface area contributed by atoms with Gasteiger partial charge in [-0.05, 0) is 5.04 Å². The van der Waals surface area contributed by atoms with Gasteiger partial charge in [0.05, 0.1) is 5.69 Å². The van der Waals surface area contributed by atoms with E-state index in [0.29, 0.717) is 5.69 Å². The summed E-state index contributed by atoms with van der Waals surface area (Å²) >= 11 is 0. The Morgan fingerprint density at radius 3 is 2.28 bits per heavy atom. The molecule has 0 atom stereocenters. The molecule has 1 rings (SSSR count). The number of hydrogen-bond acceptors (Lipinski definition) is 4. The van der Waals surface area contributed by atoms with Gasteiger partial charge in [0, 0.05) is 18.7 Å². The van der Waals surface area contributed by atoms with Gasteiger partial charge < -0.3 is 10.0 Å². The Hall–Kier alpha value is -0.918. The fraction of sp³-hybridized carbons (Fsp3) is 0.636. The molecule has 0 aliphatic heterocycles. The largest absolute Gasteiger partial charge is 0.492 e. The Labute approximate surface area is 109 Å². The number of nitrogens with zero attached hydrogens (tertiary/aromatic N) is 2. The zero-order valence-electron chi connectivity index (χ0n) is 11.9. The van der Waals surface area contributed by atoms with Gasteiger partial charge in [-0.25, -0.2) is 0 Å². The highest BCUT2D eigenvalue weighted by atomic mass is 28.3. The van der Waals surface area contributed by atoms with Crippen LogP contribution in [-0.4, -0.2) is 40.4 Å². The molecule has 0 aliphatic carbocycles. The van der Waals surface area contributed by atoms with Crippen molar-refractivity contribution in [1.82, 2.24) is 9.78 Å². The molecular formula is C11H21BN2O3Si. The van der Waals surface area contributed by atoms with Gasteiger partial charge in [-0.15, -0.1) is 0 Å². The minimum absolute atomic E-state index is 0.00176. The highest BCUT2D eigenvalue weighted by molar-refractivity contribution is 7.08. The van der Waals surface area contributed by atoms with Gasteiger partial charge in [0.15, 0.2) is 5.41 Å². The van der Waals surface area contributed by atoms with Crippen molar-refractivity contribution in [3.63, 3.8) is 0 Å². The summed E-state index contributed by atoms with van der Waals surface area (Å²) in [6, 6.07) is 0. The Balaban J connectivity index is 3.32. The van der Waals surface area contributed by atoms with Crippen LogP contribution in [0.1, 0.15) is 31.3 Å². The molecule has 0 aliphatic rings. The van der Waals surface area contributed by atoms with Crippen LogP contribution in [0.3, 0.4) is 0 Å². The molecule has 18 heavy (non-hydrogen) atoms. The smallest absolute Gasteiger partial charge is 0.423 e. The van der Waals surface area contributed by atoms with E-state index in [1.807, 2.05) is 33.9 Å². The van der Waals surface area contributed by atoms with E-state index in [1.54, 1.807) is 7.05 Å². The lowest BCUT2D eigenvalue weighted by atomic mass is 9.81. The highest BCUT2D eigenvalue weighted by Crippen LogP contribution is 2.37. The van der Waals surface area contributed by atoms with Crippen LogP contribution in [0.4, 0.5) is 0 Å². The van der Waals surface area contributed by atoms with Crippen LogP contribution in [0, 0.1) is 0 Å². The Bertz CT molecular complexity index is 463. The number of rotatable bonds is 3. The number of aromatic nitrogens is 2. The van der Waals surface area contributed by atoms with Crippen LogP contribution < -0.4 is 5.46 Å². The molecule has 1 heterocycles. The third kappa shape index (κ3) is 2.43. The van der Waals surface area contributed by atoms with Gasteiger partial charge >= 0.3 is 7.12 Å². The number of aryl methyl sites for hydroxylation is 1. The van der Waals surface area contributed by atoms with E-state index in [9.17, 15) is 14.8 Å². The van der Waals surface area contributed by atoms with Crippen molar-refractivity contribution in [2.75, 3.05) is 0 Å². The molecule has 0 radical (unpaired) electrons. The maximum atomic E-state index is 12.7. The van der Waals surface area contributed by atoms with Crippen molar-refractivity contribution in [1.29, 1.82) is 0 Å². The second-order valence-corrected chi connectivity index (χ2v) is 11.4. The minimum atomic E-state index is -2.24. The van der Waals surface area contributed by atoms with Gasteiger partial charge in [0.2, 0.25) is 0 Å². The van der Waals surface area contributed by atoms with E-state index in [-0.39, 0.29) is 15.9 Å². The van der Waals surface area contributed by atoms with Crippen molar-refractivity contribution in [2.45, 2.75) is 38.9 Å². The summed E-state index contributed by atoms with van der Waals surface area (Å²) < 4.78 is 1.43. The van der Waals surface area contributed by atoms with E-state index >= 15 is 0 Å². The minimum Gasteiger partial charge on any atom is -0.423 e. The summed E-state index contributed by atoms with van der Waals surface area (Å²) in [5, 5.41) is 22.4. The molecule has 0 unspecified atom stereocenters. The molecule has 0 saturated carbocycles. The second kappa shape index (κ2) is 4.64. The lowest BCUT2D eigenvalue weighted by molar-refractivity contribution is 0.105. The molecule has 1 aromatic rings. The lowest BCUT2D eigenvalue weighted by Crippen LogP contribution is -2.49. The molecule has 0 spiro atoms. The third-order valence-corrected chi connectivity index (χ3v) is 9.03. The first kappa shape index (κ1) is 15.1. The average Bonchev–Trinajstić information content (AvgIpc) is 2.57. The predicted molar refractivity (Wildman–Crippen MR) is 74.6 cm³/mol. The standard InChI is InChI=1S/C11H21BN2O3Si/c1-11(2,3)18(5,6)10(15)9-8(12(16)17)7-13-14(9)4/h7,16-17H,1-6H3. The molecule has 0 amide bonds. The van der Waals surface area contributed by atoms with Crippen molar-refractivity contribution >= 4 is 26.1 Å². The van der Waals surface area contributed by atoms with Crippen LogP contribution >= 0.6 is 0 Å². The normalized spacial score (nSPS) is 12.7. The molecular weight excluding hydrogens is 247 g/mol. The predicted octanol–water partition coefficient (Wildman–Crippen LogP) is 0.330. The first-order valence-electron chi connectivity index (χ1n) is 5.93. The van der Waals surface area contributed by atoms with Gasteiger partial charge in [0.1, 0.15) is 8.07 Å². The summed E-state index contributed by atoms with van der Waals surface area (Å²) in [6.45, 7) is 10.1. The highest BCUT2D eigenvalue weighted by Gasteiger charge is 2.45. The molecule has 2 N–H and O–H groups in total. The van der Waals surface area contributed by atoms with Crippen molar-refractivity contribution < 1.29 is 14.8 Å². The summed E-state index contributed by atoms with van der Waals surface area (Å²) in [7, 11) is -2.26. The zero-order valence-corrected chi connectivity index (χ0v) is 12.9. The molecule has 100 valence electrons. The van der Waals surface area contributed by atoms with Gasteiger partial charge in [-0.2, -0.15) is 5.10 Å². The number of carbonyl (C=O) groups is 1. The number of hydrogen-bond donors (Lipinski definition) is 2. The Morgan fingerprint density at radius 1 is 1.39 bits per heavy atom. The van der Waals surface area contributed by atoms with Gasteiger partial charge in [-0.3, -0.25) is 9.48 Å². The summed E-state index contributed by atoms with van der Waals surface area (Å²) in [5.74, 6) is 0. The van der Waals surface area contributed by atoms with E-state index in [1.165, 1.54) is 10.9 Å². The lowest BCUT2D eigenvalue weighted by Gasteiger charge is -2.35. The van der Waals surface area contributed by atoms with E-state index < -0.39 is 15.2 Å². The van der Waals surface area contributed by atoms with E-state index in [4.69, 9.17) is 0 Å². The average molecular weight is 268 g/mol. The fourth-order valence-electron chi connectivity index (χ4n) is 1.56. The molecule has 0 bridgehead atoms. The van der Waals surface area contributed by atoms with Gasteiger partial charge in [0.25, 0.3) is 0 Å². The monoisotopic (exact) mass is 268 g/mol. The van der Waals surface area contributed by atoms with Crippen LogP contribution in [0.5, 0.6) is 0 Å².